The van der Waals surface area contributed by atoms with E-state index < -0.39 is 0 Å². The predicted octanol–water partition coefficient (Wildman–Crippen LogP) is 0.901. The highest BCUT2D eigenvalue weighted by atomic mass is 16.5. The van der Waals surface area contributed by atoms with Crippen LogP contribution < -0.4 is 15.4 Å². The smallest absolute Gasteiger partial charge is 0.322 e. The van der Waals surface area contributed by atoms with Gasteiger partial charge < -0.3 is 20.1 Å². The first-order valence-corrected chi connectivity index (χ1v) is 6.66. The number of anilines is 2. The van der Waals surface area contributed by atoms with Gasteiger partial charge in [0.05, 0.1) is 19.3 Å². The molecule has 0 amide bonds. The lowest BCUT2D eigenvalue weighted by Crippen LogP contribution is -2.31. The van der Waals surface area contributed by atoms with Crippen LogP contribution in [0.4, 0.5) is 11.9 Å². The Bertz CT molecular complexity index is 429. The van der Waals surface area contributed by atoms with Gasteiger partial charge in [0.15, 0.2) is 0 Å². The predicted molar refractivity (Wildman–Crippen MR) is 70.4 cm³/mol. The maximum Gasteiger partial charge on any atom is 0.322 e. The molecule has 7 heteroatoms. The molecule has 2 unspecified atom stereocenters. The third-order valence-electron chi connectivity index (χ3n) is 3.56. The summed E-state index contributed by atoms with van der Waals surface area (Å²) in [4.78, 5) is 12.6. The molecule has 0 radical (unpaired) electrons. The molecule has 1 aromatic rings. The molecule has 2 aliphatic rings. The topological polar surface area (TPSA) is 81.2 Å². The number of aromatic nitrogens is 3. The zero-order chi connectivity index (χ0) is 13.2. The van der Waals surface area contributed by atoms with E-state index in [4.69, 9.17) is 9.47 Å². The molecule has 2 N–H and O–H groups in total. The number of nitrogens with one attached hydrogen (secondary N) is 2. The Morgan fingerprint density at radius 2 is 1.95 bits per heavy atom. The minimum Gasteiger partial charge on any atom is -0.467 e. The van der Waals surface area contributed by atoms with Crippen LogP contribution in [0.2, 0.25) is 0 Å². The van der Waals surface area contributed by atoms with Gasteiger partial charge in [-0.2, -0.15) is 15.0 Å². The van der Waals surface area contributed by atoms with E-state index in [2.05, 4.69) is 25.6 Å². The molecule has 0 aromatic carbocycles. The van der Waals surface area contributed by atoms with Gasteiger partial charge in [-0.15, -0.1) is 0 Å². The Labute approximate surface area is 112 Å². The lowest BCUT2D eigenvalue weighted by atomic mass is 10.1. The van der Waals surface area contributed by atoms with Gasteiger partial charge in [0.25, 0.3) is 0 Å². The highest BCUT2D eigenvalue weighted by molar-refractivity contribution is 5.36. The van der Waals surface area contributed by atoms with Crippen LogP contribution in [0.15, 0.2) is 0 Å². The summed E-state index contributed by atoms with van der Waals surface area (Å²) in [5.41, 5.74) is 0. The summed E-state index contributed by atoms with van der Waals surface area (Å²) < 4.78 is 10.9. The first-order valence-electron chi connectivity index (χ1n) is 6.66. The van der Waals surface area contributed by atoms with Gasteiger partial charge >= 0.3 is 6.01 Å². The summed E-state index contributed by atoms with van der Waals surface area (Å²) in [6.45, 7) is 0.805. The van der Waals surface area contributed by atoms with Crippen molar-refractivity contribution in [2.75, 3.05) is 31.4 Å². The van der Waals surface area contributed by atoms with E-state index in [1.165, 1.54) is 12.8 Å². The summed E-state index contributed by atoms with van der Waals surface area (Å²) in [5, 5.41) is 6.25. The van der Waals surface area contributed by atoms with E-state index in [1.54, 1.807) is 14.2 Å². The van der Waals surface area contributed by atoms with Gasteiger partial charge in [-0.05, 0) is 25.2 Å². The largest absolute Gasteiger partial charge is 0.467 e. The number of rotatable bonds is 5. The van der Waals surface area contributed by atoms with Crippen molar-refractivity contribution in [2.45, 2.75) is 31.4 Å². The molecule has 104 valence electrons. The lowest BCUT2D eigenvalue weighted by molar-refractivity contribution is 0.0897. The molecule has 2 atom stereocenters. The molecule has 19 heavy (non-hydrogen) atoms. The average Bonchev–Trinajstić information content (AvgIpc) is 3.19. The average molecular weight is 265 g/mol. The summed E-state index contributed by atoms with van der Waals surface area (Å²) in [6.07, 6.45) is 3.82. The van der Waals surface area contributed by atoms with Crippen LogP contribution in [0.3, 0.4) is 0 Å². The van der Waals surface area contributed by atoms with E-state index in [0.29, 0.717) is 29.9 Å². The molecule has 7 nitrogen and oxygen atoms in total. The Morgan fingerprint density at radius 1 is 1.16 bits per heavy atom. The normalized spacial score (nSPS) is 26.2. The highest BCUT2D eigenvalue weighted by Crippen LogP contribution is 2.39. The molecule has 1 aromatic heterocycles. The van der Waals surface area contributed by atoms with Crippen molar-refractivity contribution in [3.63, 3.8) is 0 Å². The van der Waals surface area contributed by atoms with Crippen molar-refractivity contribution in [1.29, 1.82) is 0 Å². The third kappa shape index (κ3) is 2.70. The molecular weight excluding hydrogens is 246 g/mol. The summed E-state index contributed by atoms with van der Waals surface area (Å²) in [7, 11) is 3.31. The van der Waals surface area contributed by atoms with Crippen molar-refractivity contribution in [3.8, 4) is 6.01 Å². The van der Waals surface area contributed by atoms with Crippen LogP contribution in [0.1, 0.15) is 19.3 Å². The molecule has 0 spiro atoms. The van der Waals surface area contributed by atoms with Crippen LogP contribution >= 0.6 is 0 Å². The number of hydrogen-bond acceptors (Lipinski definition) is 7. The minimum absolute atomic E-state index is 0.282. The fourth-order valence-corrected chi connectivity index (χ4v) is 2.45. The van der Waals surface area contributed by atoms with Gasteiger partial charge in [0, 0.05) is 13.7 Å². The molecule has 2 heterocycles. The first kappa shape index (κ1) is 12.4. The second-order valence-electron chi connectivity index (χ2n) is 4.93. The molecular formula is C12H19N5O2. The molecule has 1 saturated carbocycles. The standard InChI is InChI=1S/C12H19N5O2/c1-13-10-15-11(17-12(16-10)18-2)14-8-5-6-19-9(8)7-3-4-7/h7-9H,3-6H2,1-2H3,(H2,13,14,15,16,17). The maximum absolute atomic E-state index is 5.79. The highest BCUT2D eigenvalue weighted by Gasteiger charge is 2.40. The number of nitrogens with zero attached hydrogens (tertiary/aromatic N) is 3. The van der Waals surface area contributed by atoms with Crippen molar-refractivity contribution >= 4 is 11.9 Å². The second-order valence-corrected chi connectivity index (χ2v) is 4.93. The Hall–Kier alpha value is -1.63. The fourth-order valence-electron chi connectivity index (χ4n) is 2.45. The van der Waals surface area contributed by atoms with Gasteiger partial charge in [-0.25, -0.2) is 0 Å². The SMILES string of the molecule is CNc1nc(NC2CCOC2C2CC2)nc(OC)n1. The molecule has 3 rings (SSSR count). The number of ether oxygens (including phenoxy) is 2. The Balaban J connectivity index is 1.74. The van der Waals surface area contributed by atoms with Gasteiger partial charge in [-0.1, -0.05) is 0 Å². The monoisotopic (exact) mass is 265 g/mol. The van der Waals surface area contributed by atoms with Crippen molar-refractivity contribution in [1.82, 2.24) is 15.0 Å². The molecule has 1 saturated heterocycles. The third-order valence-corrected chi connectivity index (χ3v) is 3.56. The van der Waals surface area contributed by atoms with Crippen LogP contribution in [-0.4, -0.2) is 47.9 Å². The van der Waals surface area contributed by atoms with Gasteiger partial charge in [0.1, 0.15) is 0 Å². The maximum atomic E-state index is 5.79. The van der Waals surface area contributed by atoms with Gasteiger partial charge in [-0.3, -0.25) is 0 Å². The number of methoxy groups -OCH3 is 1. The van der Waals surface area contributed by atoms with Crippen LogP contribution in [-0.2, 0) is 4.74 Å². The van der Waals surface area contributed by atoms with Gasteiger partial charge in [0.2, 0.25) is 11.9 Å². The molecule has 0 bridgehead atoms. The van der Waals surface area contributed by atoms with E-state index in [1.807, 2.05) is 0 Å². The summed E-state index contributed by atoms with van der Waals surface area (Å²) in [6, 6.07) is 0.591. The van der Waals surface area contributed by atoms with E-state index >= 15 is 0 Å². The fraction of sp³-hybridized carbons (Fsp3) is 0.750. The van der Waals surface area contributed by atoms with Crippen LogP contribution in [0.5, 0.6) is 6.01 Å². The lowest BCUT2D eigenvalue weighted by Gasteiger charge is -2.19. The zero-order valence-electron chi connectivity index (χ0n) is 11.2. The second kappa shape index (κ2) is 5.16. The van der Waals surface area contributed by atoms with E-state index in [9.17, 15) is 0 Å². The Kier molecular flexibility index (Phi) is 3.37. The van der Waals surface area contributed by atoms with Crippen LogP contribution in [0.25, 0.3) is 0 Å². The van der Waals surface area contributed by atoms with Crippen LogP contribution in [0, 0.1) is 5.92 Å². The van der Waals surface area contributed by atoms with Crippen molar-refractivity contribution in [3.05, 3.63) is 0 Å². The quantitative estimate of drug-likeness (QED) is 0.818. The minimum atomic E-state index is 0.282. The van der Waals surface area contributed by atoms with Crippen molar-refractivity contribution < 1.29 is 9.47 Å². The number of hydrogen-bond donors (Lipinski definition) is 2. The molecule has 2 fully saturated rings. The van der Waals surface area contributed by atoms with E-state index in [-0.39, 0.29) is 6.04 Å². The molecule has 1 aliphatic heterocycles. The summed E-state index contributed by atoms with van der Waals surface area (Å²) >= 11 is 0. The zero-order valence-corrected chi connectivity index (χ0v) is 11.2. The summed E-state index contributed by atoms with van der Waals surface area (Å²) in [5.74, 6) is 1.74. The Morgan fingerprint density at radius 3 is 2.63 bits per heavy atom. The van der Waals surface area contributed by atoms with Crippen molar-refractivity contribution in [2.24, 2.45) is 5.92 Å². The molecule has 1 aliphatic carbocycles. The first-order chi connectivity index (χ1) is 9.30. The van der Waals surface area contributed by atoms with E-state index in [0.717, 1.165) is 13.0 Å².